The largest absolute Gasteiger partial charge is 0.368 e. The van der Waals surface area contributed by atoms with Crippen LogP contribution in [-0.2, 0) is 4.79 Å². The average Bonchev–Trinajstić information content (AvgIpc) is 1.82. The van der Waals surface area contributed by atoms with Crippen molar-refractivity contribution in [2.24, 2.45) is 17.2 Å². The fraction of sp³-hybridized carbons (Fsp3) is 0.500. The molecule has 0 fully saturated rings. The van der Waals surface area contributed by atoms with E-state index in [1.54, 1.807) is 0 Å². The summed E-state index contributed by atoms with van der Waals surface area (Å²) in [6.07, 6.45) is 0. The molecular weight excluding hydrogens is 136 g/mol. The van der Waals surface area contributed by atoms with Gasteiger partial charge < -0.3 is 22.5 Å². The number of amides is 3. The van der Waals surface area contributed by atoms with E-state index in [1.165, 1.54) is 0 Å². The SMILES string of the molecule is NC(=O)NC[C@@H](N)C(N)=O. The van der Waals surface area contributed by atoms with E-state index in [9.17, 15) is 9.59 Å². The van der Waals surface area contributed by atoms with Crippen molar-refractivity contribution in [3.8, 4) is 0 Å². The third kappa shape index (κ3) is 3.67. The first-order chi connectivity index (χ1) is 4.54. The Labute approximate surface area is 57.7 Å². The lowest BCUT2D eigenvalue weighted by molar-refractivity contribution is -0.119. The highest BCUT2D eigenvalue weighted by molar-refractivity contribution is 5.81. The zero-order chi connectivity index (χ0) is 8.15. The highest BCUT2D eigenvalue weighted by Gasteiger charge is 2.08. The minimum absolute atomic E-state index is 0.0231. The number of primary amides is 2. The molecule has 0 saturated heterocycles. The van der Waals surface area contributed by atoms with Gasteiger partial charge in [0, 0.05) is 6.54 Å². The standard InChI is InChI=1S/C4H10N4O2/c5-2(3(6)9)1-8-4(7)10/h2H,1,5H2,(H2,6,9)(H3,7,8,10)/t2-/m1/s1. The molecule has 0 unspecified atom stereocenters. The topological polar surface area (TPSA) is 124 Å². The lowest BCUT2D eigenvalue weighted by atomic mass is 10.3. The van der Waals surface area contributed by atoms with Gasteiger partial charge in [0.15, 0.2) is 0 Å². The Balaban J connectivity index is 3.49. The van der Waals surface area contributed by atoms with Gasteiger partial charge >= 0.3 is 6.03 Å². The zero-order valence-corrected chi connectivity index (χ0v) is 5.33. The molecule has 58 valence electrons. The van der Waals surface area contributed by atoms with Gasteiger partial charge in [-0.05, 0) is 0 Å². The van der Waals surface area contributed by atoms with Crippen LogP contribution in [0, 0.1) is 0 Å². The van der Waals surface area contributed by atoms with Crippen LogP contribution >= 0.6 is 0 Å². The number of hydrogen-bond acceptors (Lipinski definition) is 3. The Bertz CT molecular complexity index is 146. The number of hydrogen-bond donors (Lipinski definition) is 4. The smallest absolute Gasteiger partial charge is 0.312 e. The van der Waals surface area contributed by atoms with E-state index >= 15 is 0 Å². The summed E-state index contributed by atoms with van der Waals surface area (Å²) in [6, 6.07) is -1.59. The number of nitrogens with one attached hydrogen (secondary N) is 1. The van der Waals surface area contributed by atoms with Crippen LogP contribution in [0.25, 0.3) is 0 Å². The Hall–Kier alpha value is -1.30. The molecule has 0 aromatic rings. The van der Waals surface area contributed by atoms with E-state index in [2.05, 4.69) is 11.1 Å². The van der Waals surface area contributed by atoms with E-state index in [0.717, 1.165) is 0 Å². The van der Waals surface area contributed by atoms with Crippen molar-refractivity contribution in [2.75, 3.05) is 6.54 Å². The van der Waals surface area contributed by atoms with Crippen molar-refractivity contribution >= 4 is 11.9 Å². The molecule has 0 spiro atoms. The number of rotatable bonds is 3. The minimum Gasteiger partial charge on any atom is -0.368 e. The number of nitrogens with two attached hydrogens (primary N) is 3. The second kappa shape index (κ2) is 3.67. The fourth-order valence-electron chi connectivity index (χ4n) is 0.311. The van der Waals surface area contributed by atoms with Crippen LogP contribution in [0.4, 0.5) is 4.79 Å². The molecule has 0 aliphatic carbocycles. The van der Waals surface area contributed by atoms with E-state index in [1.807, 2.05) is 0 Å². The van der Waals surface area contributed by atoms with Crippen LogP contribution in [0.1, 0.15) is 0 Å². The molecule has 6 heteroatoms. The first-order valence-electron chi connectivity index (χ1n) is 2.62. The third-order valence-electron chi connectivity index (χ3n) is 0.862. The molecule has 0 aliphatic rings. The Morgan fingerprint density at radius 3 is 2.20 bits per heavy atom. The van der Waals surface area contributed by atoms with Gasteiger partial charge in [0.05, 0.1) is 0 Å². The molecule has 0 aliphatic heterocycles. The quantitative estimate of drug-likeness (QED) is 0.350. The lowest BCUT2D eigenvalue weighted by Gasteiger charge is -2.05. The zero-order valence-electron chi connectivity index (χ0n) is 5.33. The maximum Gasteiger partial charge on any atom is 0.312 e. The van der Waals surface area contributed by atoms with Crippen LogP contribution in [-0.4, -0.2) is 24.5 Å². The summed E-state index contributed by atoms with van der Waals surface area (Å²) in [5.74, 6) is -0.672. The summed E-state index contributed by atoms with van der Waals surface area (Å²) >= 11 is 0. The second-order valence-corrected chi connectivity index (χ2v) is 1.75. The first-order valence-corrected chi connectivity index (χ1v) is 2.62. The molecule has 1 atom stereocenters. The molecular formula is C4H10N4O2. The summed E-state index contributed by atoms with van der Waals surface area (Å²) < 4.78 is 0. The summed E-state index contributed by atoms with van der Waals surface area (Å²) in [6.45, 7) is -0.0231. The second-order valence-electron chi connectivity index (χ2n) is 1.75. The predicted molar refractivity (Wildman–Crippen MR) is 34.8 cm³/mol. The third-order valence-corrected chi connectivity index (χ3v) is 0.862. The summed E-state index contributed by atoms with van der Waals surface area (Å²) in [7, 11) is 0. The van der Waals surface area contributed by atoms with Crippen molar-refractivity contribution in [3.63, 3.8) is 0 Å². The Morgan fingerprint density at radius 2 is 1.90 bits per heavy atom. The van der Waals surface area contributed by atoms with Crippen molar-refractivity contribution in [1.82, 2.24) is 5.32 Å². The maximum atomic E-state index is 10.2. The van der Waals surface area contributed by atoms with E-state index in [-0.39, 0.29) is 6.54 Å². The maximum absolute atomic E-state index is 10.2. The summed E-state index contributed by atoms with van der Waals surface area (Å²) in [5.41, 5.74) is 14.6. The van der Waals surface area contributed by atoms with Gasteiger partial charge in [0.2, 0.25) is 5.91 Å². The van der Waals surface area contributed by atoms with Gasteiger partial charge in [-0.3, -0.25) is 4.79 Å². The number of urea groups is 1. The van der Waals surface area contributed by atoms with Crippen LogP contribution in [0.2, 0.25) is 0 Å². The molecule has 0 radical (unpaired) electrons. The highest BCUT2D eigenvalue weighted by Crippen LogP contribution is 1.70. The van der Waals surface area contributed by atoms with E-state index in [4.69, 9.17) is 11.5 Å². The summed E-state index contributed by atoms with van der Waals surface area (Å²) in [4.78, 5) is 20.2. The van der Waals surface area contributed by atoms with Gasteiger partial charge in [0.1, 0.15) is 6.04 Å². The number of carbonyl (C=O) groups is 2. The molecule has 0 heterocycles. The van der Waals surface area contributed by atoms with Gasteiger partial charge in [-0.25, -0.2) is 4.79 Å². The molecule has 3 amide bonds. The monoisotopic (exact) mass is 146 g/mol. The molecule has 0 aromatic heterocycles. The van der Waals surface area contributed by atoms with Gasteiger partial charge in [0.25, 0.3) is 0 Å². The summed E-state index contributed by atoms with van der Waals surface area (Å²) in [5, 5.41) is 2.14. The molecule has 7 N–H and O–H groups in total. The molecule has 0 saturated carbocycles. The minimum atomic E-state index is -0.868. The van der Waals surface area contributed by atoms with Crippen LogP contribution < -0.4 is 22.5 Å². The first kappa shape index (κ1) is 8.70. The lowest BCUT2D eigenvalue weighted by Crippen LogP contribution is -2.47. The fourth-order valence-corrected chi connectivity index (χ4v) is 0.311. The number of carbonyl (C=O) groups excluding carboxylic acids is 2. The molecule has 0 bridgehead atoms. The van der Waals surface area contributed by atoms with Crippen LogP contribution in [0.5, 0.6) is 0 Å². The van der Waals surface area contributed by atoms with Crippen molar-refractivity contribution < 1.29 is 9.59 Å². The Morgan fingerprint density at radius 1 is 1.40 bits per heavy atom. The highest BCUT2D eigenvalue weighted by atomic mass is 16.2. The predicted octanol–water partition coefficient (Wildman–Crippen LogP) is -2.53. The molecule has 0 rings (SSSR count). The van der Waals surface area contributed by atoms with Gasteiger partial charge in [-0.2, -0.15) is 0 Å². The molecule has 6 nitrogen and oxygen atoms in total. The van der Waals surface area contributed by atoms with Crippen LogP contribution in [0.15, 0.2) is 0 Å². The molecule has 0 aromatic carbocycles. The van der Waals surface area contributed by atoms with Gasteiger partial charge in [-0.15, -0.1) is 0 Å². The Kier molecular flexibility index (Phi) is 3.20. The molecule has 10 heavy (non-hydrogen) atoms. The normalized spacial score (nSPS) is 12.1. The van der Waals surface area contributed by atoms with Crippen molar-refractivity contribution in [3.05, 3.63) is 0 Å². The van der Waals surface area contributed by atoms with Crippen molar-refractivity contribution in [2.45, 2.75) is 6.04 Å². The van der Waals surface area contributed by atoms with Gasteiger partial charge in [-0.1, -0.05) is 0 Å². The van der Waals surface area contributed by atoms with E-state index < -0.39 is 18.0 Å². The van der Waals surface area contributed by atoms with Crippen LogP contribution in [0.3, 0.4) is 0 Å². The van der Waals surface area contributed by atoms with Crippen molar-refractivity contribution in [1.29, 1.82) is 0 Å². The average molecular weight is 146 g/mol. The van der Waals surface area contributed by atoms with E-state index in [0.29, 0.717) is 0 Å².